The zero-order valence-corrected chi connectivity index (χ0v) is 10.7. The smallest absolute Gasteiger partial charge is 0.335 e. The Morgan fingerprint density at radius 3 is 2.37 bits per heavy atom. The number of benzene rings is 1. The number of aliphatic hydroxyl groups excluding tert-OH is 3. The van der Waals surface area contributed by atoms with Crippen molar-refractivity contribution in [3.05, 3.63) is 29.8 Å². The number of ether oxygens (including phenoxy) is 1. The maximum absolute atomic E-state index is 10.7. The highest BCUT2D eigenvalue weighted by molar-refractivity contribution is 7.99. The van der Waals surface area contributed by atoms with Gasteiger partial charge in [-0.25, -0.2) is 4.79 Å². The second-order valence-electron chi connectivity index (χ2n) is 4.20. The number of carbonyl (C=O) groups is 1. The van der Waals surface area contributed by atoms with E-state index < -0.39 is 29.7 Å². The van der Waals surface area contributed by atoms with Crippen molar-refractivity contribution in [3.63, 3.8) is 0 Å². The van der Waals surface area contributed by atoms with Crippen molar-refractivity contribution in [2.75, 3.05) is 6.61 Å². The Morgan fingerprint density at radius 1 is 1.16 bits per heavy atom. The third kappa shape index (κ3) is 3.26. The fraction of sp³-hybridized carbons (Fsp3) is 0.417. The van der Waals surface area contributed by atoms with Gasteiger partial charge >= 0.3 is 5.97 Å². The van der Waals surface area contributed by atoms with Crippen molar-refractivity contribution < 1.29 is 30.0 Å². The Balaban J connectivity index is 2.03. The minimum Gasteiger partial charge on any atom is -0.478 e. The minimum atomic E-state index is -1.25. The molecule has 19 heavy (non-hydrogen) atoms. The molecule has 2 rings (SSSR count). The molecule has 6 nitrogen and oxygen atoms in total. The number of aromatic carboxylic acids is 1. The van der Waals surface area contributed by atoms with Gasteiger partial charge in [0.25, 0.3) is 0 Å². The predicted molar refractivity (Wildman–Crippen MR) is 67.0 cm³/mol. The minimum absolute atomic E-state index is 0.0525. The van der Waals surface area contributed by atoms with E-state index in [0.29, 0.717) is 4.90 Å². The van der Waals surface area contributed by atoms with Crippen LogP contribution in [-0.2, 0) is 4.74 Å². The van der Waals surface area contributed by atoms with E-state index in [1.807, 2.05) is 0 Å². The summed E-state index contributed by atoms with van der Waals surface area (Å²) in [5.41, 5.74) is -0.529. The number of hydrogen-bond donors (Lipinski definition) is 4. The van der Waals surface area contributed by atoms with Gasteiger partial charge < -0.3 is 25.2 Å². The average Bonchev–Trinajstić information content (AvgIpc) is 2.40. The third-order valence-electron chi connectivity index (χ3n) is 2.81. The molecule has 1 fully saturated rings. The summed E-state index contributed by atoms with van der Waals surface area (Å²) in [6.45, 7) is -0.0525. The number of rotatable bonds is 3. The largest absolute Gasteiger partial charge is 0.478 e. The molecule has 0 spiro atoms. The standard InChI is InChI=1S/C12H14O6S/c13-8-5-18-12(10(15)9(8)14)19-7-3-1-6(2-4-7)11(16)17/h1-4,8-10,12-15H,5H2,(H,16,17)/t8-,9+,10-,12+/m1/s1. The summed E-state index contributed by atoms with van der Waals surface area (Å²) in [7, 11) is 0. The van der Waals surface area contributed by atoms with Crippen LogP contribution in [0.5, 0.6) is 0 Å². The Hall–Kier alpha value is -1.12. The van der Waals surface area contributed by atoms with Crippen LogP contribution in [0.15, 0.2) is 29.2 Å². The number of carboxylic acid groups (broad SMARTS) is 1. The van der Waals surface area contributed by atoms with Crippen LogP contribution in [0.25, 0.3) is 0 Å². The quantitative estimate of drug-likeness (QED) is 0.615. The van der Waals surface area contributed by atoms with E-state index in [2.05, 4.69) is 0 Å². The molecule has 1 aliphatic rings. The van der Waals surface area contributed by atoms with Gasteiger partial charge in [0.2, 0.25) is 0 Å². The van der Waals surface area contributed by atoms with Crippen LogP contribution in [0.3, 0.4) is 0 Å². The summed E-state index contributed by atoms with van der Waals surface area (Å²) < 4.78 is 5.24. The second kappa shape index (κ2) is 5.89. The number of carboxylic acids is 1. The zero-order chi connectivity index (χ0) is 14.0. The summed E-state index contributed by atoms with van der Waals surface area (Å²) in [6, 6.07) is 6.10. The van der Waals surface area contributed by atoms with Gasteiger partial charge in [-0.1, -0.05) is 11.8 Å². The first-order valence-electron chi connectivity index (χ1n) is 5.65. The molecule has 0 saturated carbocycles. The molecule has 1 heterocycles. The summed E-state index contributed by atoms with van der Waals surface area (Å²) >= 11 is 1.16. The first-order valence-corrected chi connectivity index (χ1v) is 6.53. The van der Waals surface area contributed by atoms with E-state index in [4.69, 9.17) is 9.84 Å². The topological polar surface area (TPSA) is 107 Å². The Labute approximate surface area is 113 Å². The first-order chi connectivity index (χ1) is 8.99. The Bertz CT molecular complexity index is 448. The molecule has 1 aromatic carbocycles. The monoisotopic (exact) mass is 286 g/mol. The average molecular weight is 286 g/mol. The summed E-state index contributed by atoms with van der Waals surface area (Å²) in [6.07, 6.45) is -3.54. The van der Waals surface area contributed by atoms with Gasteiger partial charge in [0.15, 0.2) is 0 Å². The molecule has 0 amide bonds. The third-order valence-corrected chi connectivity index (χ3v) is 4.00. The van der Waals surface area contributed by atoms with E-state index in [-0.39, 0.29) is 12.2 Å². The van der Waals surface area contributed by atoms with Crippen molar-refractivity contribution in [1.82, 2.24) is 0 Å². The first kappa shape index (κ1) is 14.3. The van der Waals surface area contributed by atoms with Crippen LogP contribution >= 0.6 is 11.8 Å². The molecule has 0 radical (unpaired) electrons. The second-order valence-corrected chi connectivity index (χ2v) is 5.37. The number of hydrogen-bond acceptors (Lipinski definition) is 6. The molecule has 1 aromatic rings. The molecule has 0 aliphatic carbocycles. The highest BCUT2D eigenvalue weighted by Crippen LogP contribution is 2.31. The predicted octanol–water partition coefficient (Wildman–Crippen LogP) is -0.0841. The number of aliphatic hydroxyl groups is 3. The van der Waals surface area contributed by atoms with Crippen molar-refractivity contribution in [2.24, 2.45) is 0 Å². The summed E-state index contributed by atoms with van der Waals surface area (Å²) in [5, 5.41) is 37.4. The molecule has 104 valence electrons. The Kier molecular flexibility index (Phi) is 4.43. The lowest BCUT2D eigenvalue weighted by Crippen LogP contribution is -2.51. The fourth-order valence-corrected chi connectivity index (χ4v) is 2.70. The molecule has 7 heteroatoms. The highest BCUT2D eigenvalue weighted by atomic mass is 32.2. The highest BCUT2D eigenvalue weighted by Gasteiger charge is 2.37. The SMILES string of the molecule is O=C(O)c1ccc(S[C@@H]2OC[C@@H](O)[C@H](O)[C@H]2O)cc1. The molecule has 4 atom stereocenters. The van der Waals surface area contributed by atoms with Gasteiger partial charge in [-0.2, -0.15) is 0 Å². The van der Waals surface area contributed by atoms with Crippen LogP contribution in [0.4, 0.5) is 0 Å². The molecule has 0 unspecified atom stereocenters. The van der Waals surface area contributed by atoms with E-state index in [1.54, 1.807) is 12.1 Å². The lowest BCUT2D eigenvalue weighted by molar-refractivity contribution is -0.161. The van der Waals surface area contributed by atoms with Crippen molar-refractivity contribution >= 4 is 17.7 Å². The van der Waals surface area contributed by atoms with E-state index in [9.17, 15) is 20.1 Å². The van der Waals surface area contributed by atoms with Gasteiger partial charge in [-0.3, -0.25) is 0 Å². The van der Waals surface area contributed by atoms with Gasteiger partial charge in [-0.15, -0.1) is 0 Å². The normalized spacial score (nSPS) is 31.1. The molecular formula is C12H14O6S. The molecule has 0 aromatic heterocycles. The molecular weight excluding hydrogens is 272 g/mol. The molecule has 1 saturated heterocycles. The maximum atomic E-state index is 10.7. The van der Waals surface area contributed by atoms with E-state index >= 15 is 0 Å². The van der Waals surface area contributed by atoms with Gasteiger partial charge in [0.05, 0.1) is 12.2 Å². The van der Waals surface area contributed by atoms with Crippen LogP contribution in [0, 0.1) is 0 Å². The van der Waals surface area contributed by atoms with Crippen molar-refractivity contribution in [2.45, 2.75) is 28.6 Å². The fourth-order valence-electron chi connectivity index (χ4n) is 1.69. The Morgan fingerprint density at radius 2 is 1.79 bits per heavy atom. The van der Waals surface area contributed by atoms with E-state index in [0.717, 1.165) is 11.8 Å². The van der Waals surface area contributed by atoms with Crippen molar-refractivity contribution in [1.29, 1.82) is 0 Å². The van der Waals surface area contributed by atoms with Crippen LogP contribution < -0.4 is 0 Å². The van der Waals surface area contributed by atoms with E-state index in [1.165, 1.54) is 12.1 Å². The lowest BCUT2D eigenvalue weighted by atomic mass is 10.1. The van der Waals surface area contributed by atoms with Crippen molar-refractivity contribution in [3.8, 4) is 0 Å². The number of thioether (sulfide) groups is 1. The van der Waals surface area contributed by atoms with Gasteiger partial charge in [0.1, 0.15) is 23.7 Å². The molecule has 4 N–H and O–H groups in total. The lowest BCUT2D eigenvalue weighted by Gasteiger charge is -2.34. The van der Waals surface area contributed by atoms with Crippen LogP contribution in [0.1, 0.15) is 10.4 Å². The zero-order valence-electron chi connectivity index (χ0n) is 9.84. The maximum Gasteiger partial charge on any atom is 0.335 e. The summed E-state index contributed by atoms with van der Waals surface area (Å²) in [5.74, 6) is -1.01. The molecule has 0 bridgehead atoms. The van der Waals surface area contributed by atoms with Gasteiger partial charge in [0, 0.05) is 4.90 Å². The van der Waals surface area contributed by atoms with Crippen LogP contribution in [-0.4, -0.2) is 56.8 Å². The summed E-state index contributed by atoms with van der Waals surface area (Å²) in [4.78, 5) is 11.4. The van der Waals surface area contributed by atoms with Crippen LogP contribution in [0.2, 0.25) is 0 Å². The van der Waals surface area contributed by atoms with Gasteiger partial charge in [-0.05, 0) is 24.3 Å². The molecule has 1 aliphatic heterocycles.